The van der Waals surface area contributed by atoms with Gasteiger partial charge in [-0.2, -0.15) is 0 Å². The van der Waals surface area contributed by atoms with Crippen molar-refractivity contribution in [2.45, 2.75) is 122 Å². The minimum Gasteiger partial charge on any atom is -0.481 e. The summed E-state index contributed by atoms with van der Waals surface area (Å²) in [5, 5.41) is 20.3. The highest BCUT2D eigenvalue weighted by Gasteiger charge is 2.19. The Balaban J connectivity index is 3.56. The van der Waals surface area contributed by atoms with Crippen molar-refractivity contribution in [3.63, 3.8) is 0 Å². The predicted molar refractivity (Wildman–Crippen MR) is 130 cm³/mol. The van der Waals surface area contributed by atoms with Gasteiger partial charge >= 0.3 is 11.9 Å². The van der Waals surface area contributed by atoms with E-state index in [1.807, 2.05) is 0 Å². The number of rotatable bonds is 22. The summed E-state index contributed by atoms with van der Waals surface area (Å²) in [6, 6.07) is -1.00. The molecule has 1 amide bonds. The monoisotopic (exact) mass is 451 g/mol. The molecule has 6 nitrogen and oxygen atoms in total. The van der Waals surface area contributed by atoms with Gasteiger partial charge in [0.25, 0.3) is 0 Å². The highest BCUT2D eigenvalue weighted by atomic mass is 16.4. The van der Waals surface area contributed by atoms with Crippen LogP contribution in [0.15, 0.2) is 24.3 Å². The number of carbonyl (C=O) groups excluding carboxylic acids is 1. The Hall–Kier alpha value is -2.11. The number of carbonyl (C=O) groups is 3. The lowest BCUT2D eigenvalue weighted by molar-refractivity contribution is -0.142. The molecule has 0 aromatic carbocycles. The molecule has 0 unspecified atom stereocenters. The molecule has 0 aromatic heterocycles. The molecule has 184 valence electrons. The molecule has 0 saturated carbocycles. The van der Waals surface area contributed by atoms with Gasteiger partial charge in [-0.1, -0.05) is 76.2 Å². The van der Waals surface area contributed by atoms with Gasteiger partial charge in [0.15, 0.2) is 0 Å². The molecule has 3 N–H and O–H groups in total. The molecule has 0 bridgehead atoms. The van der Waals surface area contributed by atoms with Crippen molar-refractivity contribution in [3.8, 4) is 0 Å². The maximum atomic E-state index is 11.9. The topological polar surface area (TPSA) is 104 Å². The first kappa shape index (κ1) is 29.9. The average Bonchev–Trinajstić information content (AvgIpc) is 2.74. The standard InChI is InChI=1S/C26H45NO5/c1-2-3-4-5-6-7-8-9-10-11-12-13-14-15-16-17-18-21-24(28)27-23(26(31)32)20-19-22-25(29)30/h6-7,9-10,23H,2-5,8,11-22H2,1H3,(H,27,28)(H,29,30)(H,31,32)/b7-6-,10-9-/t23-/m1/s1. The Morgan fingerprint density at radius 2 is 1.28 bits per heavy atom. The molecule has 0 aliphatic carbocycles. The first-order valence-electron chi connectivity index (χ1n) is 12.5. The average molecular weight is 452 g/mol. The number of allylic oxidation sites excluding steroid dienone is 4. The van der Waals surface area contributed by atoms with Crippen LogP contribution in [0.1, 0.15) is 116 Å². The molecule has 0 rings (SSSR count). The Morgan fingerprint density at radius 1 is 0.719 bits per heavy atom. The molecule has 0 heterocycles. The molecule has 0 aliphatic rings. The maximum absolute atomic E-state index is 11.9. The summed E-state index contributed by atoms with van der Waals surface area (Å²) in [5.74, 6) is -2.34. The fourth-order valence-electron chi connectivity index (χ4n) is 3.43. The molecule has 32 heavy (non-hydrogen) atoms. The summed E-state index contributed by atoms with van der Waals surface area (Å²) < 4.78 is 0. The van der Waals surface area contributed by atoms with E-state index in [0.717, 1.165) is 32.1 Å². The van der Waals surface area contributed by atoms with E-state index in [2.05, 4.69) is 36.5 Å². The molecule has 6 heteroatoms. The summed E-state index contributed by atoms with van der Waals surface area (Å²) in [6.45, 7) is 2.23. The van der Waals surface area contributed by atoms with Crippen molar-refractivity contribution in [1.82, 2.24) is 5.32 Å². The van der Waals surface area contributed by atoms with E-state index in [1.165, 1.54) is 51.4 Å². The molecule has 0 saturated heterocycles. The summed E-state index contributed by atoms with van der Waals surface area (Å²) >= 11 is 0. The SMILES string of the molecule is CCCCC/C=C\C/C=C\CCCCCCCCCC(=O)N[C@H](CCCC(=O)O)C(=O)O. The third-order valence-corrected chi connectivity index (χ3v) is 5.37. The van der Waals surface area contributed by atoms with Crippen molar-refractivity contribution in [1.29, 1.82) is 0 Å². The fraction of sp³-hybridized carbons (Fsp3) is 0.731. The van der Waals surface area contributed by atoms with Gasteiger partial charge in [-0.3, -0.25) is 9.59 Å². The van der Waals surface area contributed by atoms with Gasteiger partial charge in [-0.25, -0.2) is 4.79 Å². The smallest absolute Gasteiger partial charge is 0.326 e. The van der Waals surface area contributed by atoms with Crippen LogP contribution in [0.25, 0.3) is 0 Å². The maximum Gasteiger partial charge on any atom is 0.326 e. The van der Waals surface area contributed by atoms with Gasteiger partial charge in [0.2, 0.25) is 5.91 Å². The number of hydrogen-bond acceptors (Lipinski definition) is 3. The molecule has 0 aliphatic heterocycles. The van der Waals surface area contributed by atoms with Crippen molar-refractivity contribution < 1.29 is 24.6 Å². The number of hydrogen-bond donors (Lipinski definition) is 3. The highest BCUT2D eigenvalue weighted by Crippen LogP contribution is 2.11. The van der Waals surface area contributed by atoms with Crippen LogP contribution >= 0.6 is 0 Å². The third-order valence-electron chi connectivity index (χ3n) is 5.37. The summed E-state index contributed by atoms with van der Waals surface area (Å²) in [7, 11) is 0. The quantitative estimate of drug-likeness (QED) is 0.130. The largest absolute Gasteiger partial charge is 0.481 e. The fourth-order valence-corrected chi connectivity index (χ4v) is 3.43. The zero-order valence-corrected chi connectivity index (χ0v) is 20.0. The zero-order chi connectivity index (χ0) is 23.9. The molecule has 1 atom stereocenters. The Kier molecular flexibility index (Phi) is 20.6. The first-order valence-corrected chi connectivity index (χ1v) is 12.5. The molecule has 0 radical (unpaired) electrons. The van der Waals surface area contributed by atoms with E-state index in [1.54, 1.807) is 0 Å². The first-order chi connectivity index (χ1) is 15.5. The van der Waals surface area contributed by atoms with E-state index in [4.69, 9.17) is 10.2 Å². The van der Waals surface area contributed by atoms with Gasteiger partial charge in [-0.05, 0) is 51.4 Å². The molecular weight excluding hydrogens is 406 g/mol. The van der Waals surface area contributed by atoms with Gasteiger partial charge < -0.3 is 15.5 Å². The second-order valence-electron chi connectivity index (χ2n) is 8.43. The zero-order valence-electron chi connectivity index (χ0n) is 20.0. The number of carboxylic acid groups (broad SMARTS) is 2. The van der Waals surface area contributed by atoms with E-state index in [-0.39, 0.29) is 25.2 Å². The van der Waals surface area contributed by atoms with E-state index >= 15 is 0 Å². The van der Waals surface area contributed by atoms with Crippen molar-refractivity contribution in [2.24, 2.45) is 0 Å². The van der Waals surface area contributed by atoms with Crippen LogP contribution in [-0.4, -0.2) is 34.1 Å². The van der Waals surface area contributed by atoms with E-state index < -0.39 is 18.0 Å². The minimum atomic E-state index is -1.11. The molecule has 0 aromatic rings. The summed E-state index contributed by atoms with van der Waals surface area (Å²) in [6.07, 6.45) is 24.6. The van der Waals surface area contributed by atoms with Crippen LogP contribution < -0.4 is 5.32 Å². The third kappa shape index (κ3) is 21.1. The second-order valence-corrected chi connectivity index (χ2v) is 8.43. The van der Waals surface area contributed by atoms with Gasteiger partial charge in [0.1, 0.15) is 6.04 Å². The molecule has 0 spiro atoms. The number of unbranched alkanes of at least 4 members (excludes halogenated alkanes) is 10. The lowest BCUT2D eigenvalue weighted by Crippen LogP contribution is -2.40. The van der Waals surface area contributed by atoms with Crippen LogP contribution in [0, 0.1) is 0 Å². The molecular formula is C26H45NO5. The van der Waals surface area contributed by atoms with E-state index in [0.29, 0.717) is 6.42 Å². The Labute approximate surface area is 194 Å². The van der Waals surface area contributed by atoms with Crippen LogP contribution in [-0.2, 0) is 14.4 Å². The van der Waals surface area contributed by atoms with E-state index in [9.17, 15) is 14.4 Å². The van der Waals surface area contributed by atoms with Gasteiger partial charge in [0.05, 0.1) is 0 Å². The Morgan fingerprint density at radius 3 is 1.84 bits per heavy atom. The van der Waals surface area contributed by atoms with Gasteiger partial charge in [0, 0.05) is 12.8 Å². The van der Waals surface area contributed by atoms with Gasteiger partial charge in [-0.15, -0.1) is 0 Å². The minimum absolute atomic E-state index is 0.0908. The van der Waals surface area contributed by atoms with Crippen molar-refractivity contribution in [3.05, 3.63) is 24.3 Å². The highest BCUT2D eigenvalue weighted by molar-refractivity contribution is 5.83. The lowest BCUT2D eigenvalue weighted by atomic mass is 10.1. The van der Waals surface area contributed by atoms with Crippen molar-refractivity contribution >= 4 is 17.8 Å². The molecule has 0 fully saturated rings. The number of aliphatic carboxylic acids is 2. The lowest BCUT2D eigenvalue weighted by Gasteiger charge is -2.14. The normalized spacial score (nSPS) is 12.4. The van der Waals surface area contributed by atoms with Crippen LogP contribution in [0.5, 0.6) is 0 Å². The number of nitrogens with one attached hydrogen (secondary N) is 1. The second kappa shape index (κ2) is 22.1. The predicted octanol–water partition coefficient (Wildman–Crippen LogP) is 6.40. The Bertz CT molecular complexity index is 556. The van der Waals surface area contributed by atoms with Crippen LogP contribution in [0.3, 0.4) is 0 Å². The number of amides is 1. The van der Waals surface area contributed by atoms with Crippen molar-refractivity contribution in [2.75, 3.05) is 0 Å². The number of carboxylic acids is 2. The van der Waals surface area contributed by atoms with Crippen LogP contribution in [0.2, 0.25) is 0 Å². The summed E-state index contributed by atoms with van der Waals surface area (Å²) in [5.41, 5.74) is 0. The summed E-state index contributed by atoms with van der Waals surface area (Å²) in [4.78, 5) is 33.6. The van der Waals surface area contributed by atoms with Crippen LogP contribution in [0.4, 0.5) is 0 Å².